The summed E-state index contributed by atoms with van der Waals surface area (Å²) in [5.41, 5.74) is 0. The second kappa shape index (κ2) is 2.42. The molecule has 0 radical (unpaired) electrons. The highest BCUT2D eigenvalue weighted by molar-refractivity contribution is 8.91. The van der Waals surface area contributed by atoms with Crippen LogP contribution in [0.3, 0.4) is 0 Å². The predicted molar refractivity (Wildman–Crippen MR) is 38.1 cm³/mol. The Morgan fingerprint density at radius 1 is 1.67 bits per heavy atom. The summed E-state index contributed by atoms with van der Waals surface area (Å²) in [5.74, 6) is 0. The molecule has 1 nitrogen and oxygen atoms in total. The van der Waals surface area contributed by atoms with Gasteiger partial charge < -0.3 is 4.18 Å². The van der Waals surface area contributed by atoms with Gasteiger partial charge >= 0.3 is 0 Å². The second-order valence-electron chi connectivity index (χ2n) is 0.594. The Bertz CT molecular complexity index is 110. The summed E-state index contributed by atoms with van der Waals surface area (Å²) in [6.45, 7) is -1.80. The van der Waals surface area contributed by atoms with Gasteiger partial charge in [-0.3, -0.25) is 0 Å². The smallest absolute Gasteiger partial charge is 0.0676 e. The Hall–Kier alpha value is 1.10. The van der Waals surface area contributed by atoms with Crippen molar-refractivity contribution in [3.05, 3.63) is 0 Å². The first-order valence-electron chi connectivity index (χ1n) is 1.09. The fraction of sp³-hybridized carbons (Fsp3) is 1.00. The molecule has 0 unspecified atom stereocenters. The van der Waals surface area contributed by atoms with E-state index in [9.17, 15) is 0 Å². The van der Waals surface area contributed by atoms with Crippen molar-refractivity contribution in [2.75, 3.05) is 7.11 Å². The van der Waals surface area contributed by atoms with Crippen molar-refractivity contribution >= 4 is 40.5 Å². The molecular weight excluding hydrogens is 156 g/mol. The van der Waals surface area contributed by atoms with E-state index in [1.165, 1.54) is 7.11 Å². The maximum atomic E-state index is 4.53. The molecule has 38 valence electrons. The molecule has 0 saturated heterocycles. The molecule has 6 heavy (non-hydrogen) atoms. The van der Waals surface area contributed by atoms with Crippen LogP contribution in [-0.2, 0) is 33.0 Å². The third-order valence-corrected chi connectivity index (χ3v) is 1.90. The maximum Gasteiger partial charge on any atom is 0.0676 e. The average Bonchev–Trinajstić information content (AvgIpc) is 1.35. The van der Waals surface area contributed by atoms with Crippen LogP contribution in [0, 0.1) is 0 Å². The molecule has 0 aromatic carbocycles. The first-order valence-corrected chi connectivity index (χ1v) is 5.55. The fourth-order valence-electron chi connectivity index (χ4n) is 0. The first-order chi connectivity index (χ1) is 2.56. The quantitative estimate of drug-likeness (QED) is 0.441. The van der Waals surface area contributed by atoms with Crippen LogP contribution in [0.15, 0.2) is 0 Å². The van der Waals surface area contributed by atoms with Gasteiger partial charge in [0.25, 0.3) is 0 Å². The summed E-state index contributed by atoms with van der Waals surface area (Å²) in [5, 5.41) is 0. The van der Waals surface area contributed by atoms with Gasteiger partial charge in [0.15, 0.2) is 0 Å². The molecular formula is CH4OS4. The normalized spacial score (nSPS) is 11.7. The molecule has 0 heterocycles. The molecule has 0 aromatic heterocycles. The van der Waals surface area contributed by atoms with Gasteiger partial charge in [0.05, 0.1) is 13.6 Å². The van der Waals surface area contributed by atoms with Crippen molar-refractivity contribution in [2.45, 2.75) is 0 Å². The van der Waals surface area contributed by atoms with Crippen LogP contribution in [0.4, 0.5) is 0 Å². The average molecular weight is 160 g/mol. The molecule has 0 atom stereocenters. The van der Waals surface area contributed by atoms with Gasteiger partial charge in [-0.2, -0.15) is 0 Å². The van der Waals surface area contributed by atoms with Crippen molar-refractivity contribution in [3.63, 3.8) is 0 Å². The first kappa shape index (κ1) is 7.10. The molecule has 0 N–H and O–H groups in total. The van der Waals surface area contributed by atoms with Gasteiger partial charge in [-0.1, -0.05) is 11.7 Å². The Labute approximate surface area is 51.9 Å². The highest BCUT2D eigenvalue weighted by atomic mass is 33.5. The van der Waals surface area contributed by atoms with E-state index in [1.54, 1.807) is 0 Å². The van der Waals surface area contributed by atoms with E-state index in [2.05, 4.69) is 38.2 Å². The molecule has 0 aliphatic carbocycles. The van der Waals surface area contributed by atoms with Crippen molar-refractivity contribution in [2.24, 2.45) is 0 Å². The minimum atomic E-state index is -1.80. The molecule has 5 heteroatoms. The van der Waals surface area contributed by atoms with Crippen molar-refractivity contribution in [1.29, 1.82) is 0 Å². The third-order valence-electron chi connectivity index (χ3n) is 0.211. The highest BCUT2D eigenvalue weighted by Gasteiger charge is 1.80. The lowest BCUT2D eigenvalue weighted by atomic mass is 11.8. The topological polar surface area (TPSA) is 9.23 Å². The van der Waals surface area contributed by atoms with E-state index in [0.29, 0.717) is 0 Å². The Morgan fingerprint density at radius 2 is 1.83 bits per heavy atom. The zero-order chi connectivity index (χ0) is 5.21. The molecule has 0 bridgehead atoms. The van der Waals surface area contributed by atoms with E-state index in [4.69, 9.17) is 0 Å². The molecule has 0 amide bonds. The number of hydrogen-bond donors (Lipinski definition) is 1. The van der Waals surface area contributed by atoms with Crippen LogP contribution in [0.25, 0.3) is 0 Å². The lowest BCUT2D eigenvalue weighted by Gasteiger charge is -1.91. The van der Waals surface area contributed by atoms with Crippen LogP contribution in [0.1, 0.15) is 0 Å². The van der Waals surface area contributed by atoms with Gasteiger partial charge in [-0.05, 0) is 22.4 Å². The van der Waals surface area contributed by atoms with Gasteiger partial charge in [-0.25, -0.2) is 0 Å². The Balaban J connectivity index is 3.85. The standard InChI is InChI=1S/CH4OS4/c1-2-6(3,4)5/h1H3,(H,3,4,5). The van der Waals surface area contributed by atoms with Crippen molar-refractivity contribution < 1.29 is 4.18 Å². The van der Waals surface area contributed by atoms with E-state index in [0.717, 1.165) is 0 Å². The molecule has 0 aliphatic rings. The van der Waals surface area contributed by atoms with Crippen LogP contribution in [0.2, 0.25) is 0 Å². The molecule has 0 aliphatic heterocycles. The van der Waals surface area contributed by atoms with E-state index < -0.39 is 6.46 Å². The summed E-state index contributed by atoms with van der Waals surface area (Å²) in [4.78, 5) is 0. The molecule has 0 fully saturated rings. The van der Waals surface area contributed by atoms with Crippen LogP contribution >= 0.6 is 11.7 Å². The van der Waals surface area contributed by atoms with E-state index in [-0.39, 0.29) is 0 Å². The predicted octanol–water partition coefficient (Wildman–Crippen LogP) is 0.470. The second-order valence-corrected chi connectivity index (χ2v) is 8.26. The number of thiol groups is 1. The largest absolute Gasteiger partial charge is 0.305 e. The summed E-state index contributed by atoms with van der Waals surface area (Å²) >= 11 is 12.8. The molecule has 0 spiro atoms. The van der Waals surface area contributed by atoms with Crippen molar-refractivity contribution in [1.82, 2.24) is 0 Å². The third kappa shape index (κ3) is 5.10. The van der Waals surface area contributed by atoms with Gasteiger partial charge in [0.1, 0.15) is 0 Å². The molecule has 0 rings (SSSR count). The number of hydrogen-bond acceptors (Lipinski definition) is 3. The zero-order valence-electron chi connectivity index (χ0n) is 3.08. The van der Waals surface area contributed by atoms with Gasteiger partial charge in [0, 0.05) is 0 Å². The summed E-state index contributed by atoms with van der Waals surface area (Å²) in [7, 11) is 1.46. The molecule has 0 aromatic rings. The Morgan fingerprint density at radius 3 is 1.83 bits per heavy atom. The van der Waals surface area contributed by atoms with Crippen LogP contribution in [0.5, 0.6) is 0 Å². The summed E-state index contributed by atoms with van der Waals surface area (Å²) in [6.07, 6.45) is 0. The highest BCUT2D eigenvalue weighted by Crippen LogP contribution is 1.94. The SMILES string of the molecule is COS(=S)(=S)S. The monoisotopic (exact) mass is 160 g/mol. The van der Waals surface area contributed by atoms with E-state index in [1.807, 2.05) is 0 Å². The number of rotatable bonds is 1. The Kier molecular flexibility index (Phi) is 2.86. The summed E-state index contributed by atoms with van der Waals surface area (Å²) in [6, 6.07) is 0. The lowest BCUT2D eigenvalue weighted by Crippen LogP contribution is -1.83. The van der Waals surface area contributed by atoms with Crippen LogP contribution in [-0.4, -0.2) is 7.11 Å². The fourth-order valence-corrected chi connectivity index (χ4v) is 0. The van der Waals surface area contributed by atoms with Gasteiger partial charge in [0.2, 0.25) is 0 Å². The van der Waals surface area contributed by atoms with Crippen molar-refractivity contribution in [3.8, 4) is 0 Å². The zero-order valence-corrected chi connectivity index (χ0v) is 6.42. The molecule has 0 saturated carbocycles. The minimum absolute atomic E-state index is 1.46. The van der Waals surface area contributed by atoms with E-state index >= 15 is 0 Å². The maximum absolute atomic E-state index is 4.53. The minimum Gasteiger partial charge on any atom is -0.305 e. The summed E-state index contributed by atoms with van der Waals surface area (Å²) < 4.78 is 4.51. The van der Waals surface area contributed by atoms with Crippen LogP contribution < -0.4 is 0 Å². The lowest BCUT2D eigenvalue weighted by molar-refractivity contribution is 0.491. The van der Waals surface area contributed by atoms with Gasteiger partial charge in [-0.15, -0.1) is 0 Å².